The topological polar surface area (TPSA) is 59.8 Å². The number of aromatic amines is 1. The van der Waals surface area contributed by atoms with E-state index in [1.807, 2.05) is 0 Å². The van der Waals surface area contributed by atoms with Gasteiger partial charge in [-0.25, -0.2) is 9.36 Å². The molecular formula is C16H14ClN3O2. The predicted octanol–water partition coefficient (Wildman–Crippen LogP) is 2.29. The van der Waals surface area contributed by atoms with Crippen LogP contribution in [0.4, 0.5) is 0 Å². The van der Waals surface area contributed by atoms with Crippen LogP contribution in [0, 0.1) is 0 Å². The second-order valence-electron chi connectivity index (χ2n) is 5.54. The number of hydrogen-bond donors (Lipinski definition) is 1. The molecule has 3 aliphatic rings. The van der Waals surface area contributed by atoms with Gasteiger partial charge in [0.2, 0.25) is 0 Å². The number of H-pyrrole nitrogens is 1. The zero-order valence-corrected chi connectivity index (χ0v) is 12.6. The predicted molar refractivity (Wildman–Crippen MR) is 84.8 cm³/mol. The van der Waals surface area contributed by atoms with Crippen molar-refractivity contribution in [3.8, 4) is 11.4 Å². The van der Waals surface area contributed by atoms with Crippen molar-refractivity contribution >= 4 is 11.6 Å². The largest absolute Gasteiger partial charge is 0.362 e. The number of aryl methyl sites for hydroxylation is 1. The summed E-state index contributed by atoms with van der Waals surface area (Å²) in [5, 5.41) is 0.568. The fourth-order valence-corrected chi connectivity index (χ4v) is 3.28. The number of nitrogens with one attached hydrogen (secondary N) is 1. The molecular weight excluding hydrogens is 302 g/mol. The number of nitrogens with zero attached hydrogens (tertiary/aromatic N) is 2. The highest BCUT2D eigenvalue weighted by atomic mass is 35.5. The zero-order chi connectivity index (χ0) is 15.3. The molecule has 6 heteroatoms. The number of halogens is 1. The third-order valence-corrected chi connectivity index (χ3v) is 4.47. The molecule has 0 radical (unpaired) electrons. The van der Waals surface area contributed by atoms with Crippen LogP contribution in [-0.4, -0.2) is 14.1 Å². The van der Waals surface area contributed by atoms with E-state index in [-0.39, 0.29) is 11.2 Å². The Morgan fingerprint density at radius 2 is 1.73 bits per heavy atom. The summed E-state index contributed by atoms with van der Waals surface area (Å²) in [6, 6.07) is 6.71. The quantitative estimate of drug-likeness (QED) is 0.749. The summed E-state index contributed by atoms with van der Waals surface area (Å²) in [7, 11) is 0. The lowest BCUT2D eigenvalue weighted by atomic mass is 10.00. The molecule has 1 aromatic rings. The van der Waals surface area contributed by atoms with Crippen LogP contribution >= 0.6 is 11.6 Å². The van der Waals surface area contributed by atoms with Crippen molar-refractivity contribution in [2.24, 2.45) is 0 Å². The number of aromatic nitrogens is 3. The normalized spacial score (nSPS) is 14.2. The van der Waals surface area contributed by atoms with Gasteiger partial charge in [-0.2, -0.15) is 0 Å². The molecule has 5 nitrogen and oxygen atoms in total. The molecule has 2 heterocycles. The Morgan fingerprint density at radius 3 is 2.50 bits per heavy atom. The fourth-order valence-electron chi connectivity index (χ4n) is 3.15. The van der Waals surface area contributed by atoms with Crippen LogP contribution in [0.2, 0.25) is 5.02 Å². The summed E-state index contributed by atoms with van der Waals surface area (Å²) in [4.78, 5) is 28.6. The molecule has 1 aliphatic carbocycles. The van der Waals surface area contributed by atoms with Gasteiger partial charge in [-0.15, -0.1) is 0 Å². The third-order valence-electron chi connectivity index (χ3n) is 4.22. The van der Waals surface area contributed by atoms with Crippen LogP contribution in [0.3, 0.4) is 0 Å². The number of hydrogen-bond acceptors (Lipinski definition) is 2. The highest BCUT2D eigenvalue weighted by Crippen LogP contribution is 2.21. The summed E-state index contributed by atoms with van der Waals surface area (Å²) < 4.78 is 2.76. The molecule has 2 aliphatic heterocycles. The molecule has 0 saturated carbocycles. The molecule has 0 atom stereocenters. The minimum absolute atomic E-state index is 0.308. The van der Waals surface area contributed by atoms with Crippen LogP contribution < -0.4 is 11.2 Å². The van der Waals surface area contributed by atoms with Gasteiger partial charge in [0.25, 0.3) is 5.56 Å². The first-order valence-corrected chi connectivity index (χ1v) is 7.67. The Kier molecular flexibility index (Phi) is 2.97. The lowest BCUT2D eigenvalue weighted by Crippen LogP contribution is -2.27. The summed E-state index contributed by atoms with van der Waals surface area (Å²) in [6.07, 6.45) is 5.50. The highest BCUT2D eigenvalue weighted by molar-refractivity contribution is 6.30. The highest BCUT2D eigenvalue weighted by Gasteiger charge is 2.24. The first-order valence-electron chi connectivity index (χ1n) is 7.29. The van der Waals surface area contributed by atoms with Crippen LogP contribution in [-0.2, 0) is 12.8 Å². The Balaban J connectivity index is 2.05. The second kappa shape index (κ2) is 4.88. The lowest BCUT2D eigenvalue weighted by molar-refractivity contribution is 0.625. The monoisotopic (exact) mass is 315 g/mol. The second-order valence-corrected chi connectivity index (χ2v) is 5.98. The SMILES string of the molecule is O=c1c2c[nH]c3c(n-2c(=O)n1-c1ccc(Cl)cc1)CCCC3. The molecule has 0 unspecified atom stereocenters. The van der Waals surface area contributed by atoms with Gasteiger partial charge < -0.3 is 4.98 Å². The summed E-state index contributed by atoms with van der Waals surface area (Å²) >= 11 is 5.88. The average molecular weight is 316 g/mol. The molecule has 0 fully saturated rings. The van der Waals surface area contributed by atoms with Crippen molar-refractivity contribution < 1.29 is 0 Å². The van der Waals surface area contributed by atoms with E-state index in [1.165, 1.54) is 4.57 Å². The van der Waals surface area contributed by atoms with Crippen LogP contribution in [0.5, 0.6) is 0 Å². The lowest BCUT2D eigenvalue weighted by Gasteiger charge is -2.18. The third kappa shape index (κ3) is 1.85. The van der Waals surface area contributed by atoms with Gasteiger partial charge in [-0.3, -0.25) is 9.36 Å². The molecule has 0 saturated heterocycles. The number of benzene rings is 1. The molecule has 0 bridgehead atoms. The van der Waals surface area contributed by atoms with Crippen LogP contribution in [0.15, 0.2) is 40.1 Å². The van der Waals surface area contributed by atoms with E-state index in [4.69, 9.17) is 11.6 Å². The van der Waals surface area contributed by atoms with E-state index >= 15 is 0 Å². The van der Waals surface area contributed by atoms with Gasteiger partial charge in [0.15, 0.2) is 0 Å². The van der Waals surface area contributed by atoms with Gasteiger partial charge in [0, 0.05) is 22.6 Å². The van der Waals surface area contributed by atoms with Crippen molar-refractivity contribution in [3.63, 3.8) is 0 Å². The maximum Gasteiger partial charge on any atom is 0.340 e. The minimum atomic E-state index is -0.311. The molecule has 0 spiro atoms. The van der Waals surface area contributed by atoms with Gasteiger partial charge in [0.05, 0.1) is 5.69 Å². The molecule has 1 aromatic carbocycles. The molecule has 4 rings (SSSR count). The van der Waals surface area contributed by atoms with Gasteiger partial charge in [0.1, 0.15) is 5.69 Å². The first kappa shape index (κ1) is 13.4. The summed E-state index contributed by atoms with van der Waals surface area (Å²) in [5.41, 5.74) is 2.28. The van der Waals surface area contributed by atoms with E-state index in [9.17, 15) is 9.59 Å². The molecule has 112 valence electrons. The number of imidazole rings is 1. The summed E-state index contributed by atoms with van der Waals surface area (Å²) in [5.74, 6) is 0. The number of rotatable bonds is 1. The number of fused-ring (bicyclic) bond motifs is 3. The average Bonchev–Trinajstić information content (AvgIpc) is 2.80. The van der Waals surface area contributed by atoms with Gasteiger partial charge in [-0.05, 0) is 49.9 Å². The van der Waals surface area contributed by atoms with Crippen LogP contribution in [0.1, 0.15) is 24.2 Å². The van der Waals surface area contributed by atoms with Crippen molar-refractivity contribution in [2.45, 2.75) is 25.7 Å². The van der Waals surface area contributed by atoms with Crippen molar-refractivity contribution in [3.05, 3.63) is 67.7 Å². The summed E-state index contributed by atoms with van der Waals surface area (Å²) in [6.45, 7) is 0. The Labute approximate surface area is 131 Å². The Bertz CT molecular complexity index is 934. The molecule has 0 amide bonds. The Morgan fingerprint density at radius 1 is 1.00 bits per heavy atom. The van der Waals surface area contributed by atoms with Gasteiger partial charge >= 0.3 is 5.69 Å². The van der Waals surface area contributed by atoms with E-state index in [0.717, 1.165) is 37.1 Å². The fraction of sp³-hybridized carbons (Fsp3) is 0.250. The zero-order valence-electron chi connectivity index (χ0n) is 11.8. The molecule has 0 aromatic heterocycles. The van der Waals surface area contributed by atoms with E-state index in [1.54, 1.807) is 35.0 Å². The van der Waals surface area contributed by atoms with Crippen LogP contribution in [0.25, 0.3) is 11.4 Å². The van der Waals surface area contributed by atoms with Crippen molar-refractivity contribution in [1.82, 2.24) is 14.1 Å². The first-order chi connectivity index (χ1) is 10.7. The molecule has 1 N–H and O–H groups in total. The van der Waals surface area contributed by atoms with E-state index in [2.05, 4.69) is 4.98 Å². The standard InChI is InChI=1S/C16H14ClN3O2/c17-10-5-7-11(8-6-10)19-15(21)14-9-18-12-3-1-2-4-13(12)20(14)16(19)22/h5-9,18H,1-4H2. The maximum atomic E-state index is 12.8. The van der Waals surface area contributed by atoms with E-state index < -0.39 is 0 Å². The van der Waals surface area contributed by atoms with Crippen molar-refractivity contribution in [2.75, 3.05) is 0 Å². The van der Waals surface area contributed by atoms with Crippen molar-refractivity contribution in [1.29, 1.82) is 0 Å². The minimum Gasteiger partial charge on any atom is -0.362 e. The molecule has 22 heavy (non-hydrogen) atoms. The van der Waals surface area contributed by atoms with E-state index in [0.29, 0.717) is 16.4 Å². The Hall–Kier alpha value is -2.27. The van der Waals surface area contributed by atoms with Gasteiger partial charge in [-0.1, -0.05) is 11.6 Å². The smallest absolute Gasteiger partial charge is 0.340 e. The maximum absolute atomic E-state index is 12.8.